The molecular formula is C22H24O7. The summed E-state index contributed by atoms with van der Waals surface area (Å²) in [4.78, 5) is 23.6. The van der Waals surface area contributed by atoms with E-state index in [4.69, 9.17) is 14.2 Å². The molecule has 0 fully saturated rings. The Balaban J connectivity index is 2.31. The van der Waals surface area contributed by atoms with Gasteiger partial charge in [0.05, 0.1) is 20.3 Å². The van der Waals surface area contributed by atoms with Crippen LogP contribution in [-0.4, -0.2) is 42.5 Å². The first kappa shape index (κ1) is 22.1. The van der Waals surface area contributed by atoms with Crippen molar-refractivity contribution in [3.05, 3.63) is 53.6 Å². The molecule has 0 aliphatic rings. The van der Waals surface area contributed by atoms with Crippen molar-refractivity contribution in [3.8, 4) is 17.2 Å². The lowest BCUT2D eigenvalue weighted by Crippen LogP contribution is -2.38. The molecule has 2 rings (SSSR count). The van der Waals surface area contributed by atoms with Gasteiger partial charge in [-0.15, -0.1) is 0 Å². The molecule has 2 N–H and O–H groups in total. The number of rotatable bonds is 8. The minimum absolute atomic E-state index is 0.122. The van der Waals surface area contributed by atoms with E-state index in [1.807, 2.05) is 30.3 Å². The third kappa shape index (κ3) is 6.17. The fourth-order valence-corrected chi connectivity index (χ4v) is 2.29. The SMILES string of the molecule is COc1ccc(/C=C/c2cc(OC(C)=O)cc(OC(=O)C(C)(CO)CO)c2)cc1. The lowest BCUT2D eigenvalue weighted by atomic mass is 9.93. The van der Waals surface area contributed by atoms with Crippen molar-refractivity contribution in [2.24, 2.45) is 5.41 Å². The van der Waals surface area contributed by atoms with Crippen LogP contribution >= 0.6 is 0 Å². The van der Waals surface area contributed by atoms with Crippen molar-refractivity contribution < 1.29 is 34.0 Å². The Labute approximate surface area is 169 Å². The average Bonchev–Trinajstić information content (AvgIpc) is 2.71. The molecule has 0 aromatic heterocycles. The smallest absolute Gasteiger partial charge is 0.321 e. The molecule has 0 heterocycles. The maximum absolute atomic E-state index is 12.3. The van der Waals surface area contributed by atoms with Gasteiger partial charge in [0.1, 0.15) is 22.7 Å². The molecule has 0 atom stereocenters. The first-order valence-corrected chi connectivity index (χ1v) is 8.89. The Kier molecular flexibility index (Phi) is 7.52. The Bertz CT molecular complexity index is 881. The van der Waals surface area contributed by atoms with Crippen LogP contribution in [-0.2, 0) is 9.59 Å². The van der Waals surface area contributed by atoms with Crippen LogP contribution in [0.2, 0.25) is 0 Å². The number of hydrogen-bond acceptors (Lipinski definition) is 7. The fraction of sp³-hybridized carbons (Fsp3) is 0.273. The number of ether oxygens (including phenoxy) is 3. The molecule has 154 valence electrons. The second kappa shape index (κ2) is 9.86. The van der Waals surface area contributed by atoms with E-state index in [9.17, 15) is 19.8 Å². The molecule has 7 nitrogen and oxygen atoms in total. The Morgan fingerprint density at radius 1 is 0.897 bits per heavy atom. The topological polar surface area (TPSA) is 102 Å². The molecule has 7 heteroatoms. The highest BCUT2D eigenvalue weighted by Gasteiger charge is 2.34. The van der Waals surface area contributed by atoms with Crippen LogP contribution in [0.5, 0.6) is 17.2 Å². The van der Waals surface area contributed by atoms with Crippen molar-refractivity contribution >= 4 is 24.1 Å². The Morgan fingerprint density at radius 3 is 1.97 bits per heavy atom. The molecule has 0 spiro atoms. The van der Waals surface area contributed by atoms with Crippen molar-refractivity contribution in [2.45, 2.75) is 13.8 Å². The van der Waals surface area contributed by atoms with E-state index in [0.29, 0.717) is 5.56 Å². The van der Waals surface area contributed by atoms with Crippen LogP contribution in [0.25, 0.3) is 12.2 Å². The first-order valence-electron chi connectivity index (χ1n) is 8.89. The number of hydrogen-bond donors (Lipinski definition) is 2. The van der Waals surface area contributed by atoms with Gasteiger partial charge in [0, 0.05) is 13.0 Å². The molecule has 0 radical (unpaired) electrons. The molecule has 2 aromatic rings. The molecule has 0 aliphatic carbocycles. The van der Waals surface area contributed by atoms with E-state index in [0.717, 1.165) is 11.3 Å². The number of aliphatic hydroxyl groups is 2. The van der Waals surface area contributed by atoms with Crippen LogP contribution in [0.1, 0.15) is 25.0 Å². The van der Waals surface area contributed by atoms with E-state index < -0.39 is 30.6 Å². The summed E-state index contributed by atoms with van der Waals surface area (Å²) in [6.07, 6.45) is 3.60. The van der Waals surface area contributed by atoms with E-state index in [1.165, 1.54) is 19.9 Å². The number of methoxy groups -OCH3 is 1. The quantitative estimate of drug-likeness (QED) is 0.399. The normalized spacial score (nSPS) is 11.3. The number of carbonyl (C=O) groups is 2. The number of benzene rings is 2. The summed E-state index contributed by atoms with van der Waals surface area (Å²) in [5.41, 5.74) is 0.0868. The van der Waals surface area contributed by atoms with Gasteiger partial charge in [-0.1, -0.05) is 24.3 Å². The number of aliphatic hydroxyl groups excluding tert-OH is 2. The van der Waals surface area contributed by atoms with Gasteiger partial charge in [-0.2, -0.15) is 0 Å². The van der Waals surface area contributed by atoms with Crippen molar-refractivity contribution in [2.75, 3.05) is 20.3 Å². The average molecular weight is 400 g/mol. The van der Waals surface area contributed by atoms with Gasteiger partial charge in [-0.3, -0.25) is 9.59 Å². The van der Waals surface area contributed by atoms with Gasteiger partial charge >= 0.3 is 11.9 Å². The van der Waals surface area contributed by atoms with Gasteiger partial charge in [-0.05, 0) is 42.3 Å². The molecule has 0 bridgehead atoms. The number of esters is 2. The predicted octanol–water partition coefficient (Wildman–Crippen LogP) is 2.69. The lowest BCUT2D eigenvalue weighted by Gasteiger charge is -2.22. The maximum atomic E-state index is 12.3. The minimum atomic E-state index is -1.45. The molecule has 2 aromatic carbocycles. The third-order valence-electron chi connectivity index (χ3n) is 4.15. The fourth-order valence-electron chi connectivity index (χ4n) is 2.29. The highest BCUT2D eigenvalue weighted by atomic mass is 16.5. The van der Waals surface area contributed by atoms with Crippen LogP contribution in [0.15, 0.2) is 42.5 Å². The summed E-state index contributed by atoms with van der Waals surface area (Å²) in [6, 6.07) is 12.0. The monoisotopic (exact) mass is 400 g/mol. The zero-order chi connectivity index (χ0) is 21.4. The number of carbonyl (C=O) groups excluding carboxylic acids is 2. The van der Waals surface area contributed by atoms with E-state index >= 15 is 0 Å². The van der Waals surface area contributed by atoms with E-state index in [2.05, 4.69) is 0 Å². The van der Waals surface area contributed by atoms with Crippen LogP contribution in [0.3, 0.4) is 0 Å². The summed E-state index contributed by atoms with van der Waals surface area (Å²) in [7, 11) is 1.59. The van der Waals surface area contributed by atoms with Crippen molar-refractivity contribution in [3.63, 3.8) is 0 Å². The molecule has 0 aliphatic heterocycles. The highest BCUT2D eigenvalue weighted by molar-refractivity contribution is 5.80. The molecular weight excluding hydrogens is 376 g/mol. The second-order valence-corrected chi connectivity index (χ2v) is 6.70. The highest BCUT2D eigenvalue weighted by Crippen LogP contribution is 2.27. The van der Waals surface area contributed by atoms with E-state index in [1.54, 1.807) is 25.3 Å². The predicted molar refractivity (Wildman–Crippen MR) is 108 cm³/mol. The standard InChI is InChI=1S/C22H24O7/c1-15(25)28-19-10-17(5-4-16-6-8-18(27-3)9-7-16)11-20(12-19)29-21(26)22(2,13-23)14-24/h4-12,23-24H,13-14H2,1-3H3/b5-4+. The van der Waals surface area contributed by atoms with Crippen molar-refractivity contribution in [1.29, 1.82) is 0 Å². The Hall–Kier alpha value is -3.16. The first-order chi connectivity index (χ1) is 13.8. The summed E-state index contributed by atoms with van der Waals surface area (Å²) in [5, 5.41) is 18.7. The van der Waals surface area contributed by atoms with Gasteiger partial charge in [0.15, 0.2) is 0 Å². The van der Waals surface area contributed by atoms with Gasteiger partial charge in [0.2, 0.25) is 0 Å². The van der Waals surface area contributed by atoms with Gasteiger partial charge in [0.25, 0.3) is 0 Å². The minimum Gasteiger partial charge on any atom is -0.497 e. The molecule has 0 unspecified atom stereocenters. The van der Waals surface area contributed by atoms with E-state index in [-0.39, 0.29) is 11.5 Å². The van der Waals surface area contributed by atoms with Crippen molar-refractivity contribution in [1.82, 2.24) is 0 Å². The molecule has 0 saturated heterocycles. The summed E-state index contributed by atoms with van der Waals surface area (Å²) in [5.74, 6) is -0.256. The van der Waals surface area contributed by atoms with Gasteiger partial charge < -0.3 is 24.4 Å². The summed E-state index contributed by atoms with van der Waals surface area (Å²) >= 11 is 0. The summed E-state index contributed by atoms with van der Waals surface area (Å²) in [6.45, 7) is 1.50. The lowest BCUT2D eigenvalue weighted by molar-refractivity contribution is -0.149. The van der Waals surface area contributed by atoms with Crippen LogP contribution < -0.4 is 14.2 Å². The zero-order valence-electron chi connectivity index (χ0n) is 16.5. The third-order valence-corrected chi connectivity index (χ3v) is 4.15. The largest absolute Gasteiger partial charge is 0.497 e. The molecule has 29 heavy (non-hydrogen) atoms. The molecule has 0 amide bonds. The van der Waals surface area contributed by atoms with Crippen LogP contribution in [0.4, 0.5) is 0 Å². The zero-order valence-corrected chi connectivity index (χ0v) is 16.5. The van der Waals surface area contributed by atoms with Gasteiger partial charge in [-0.25, -0.2) is 0 Å². The Morgan fingerprint density at radius 2 is 1.45 bits per heavy atom. The summed E-state index contributed by atoms with van der Waals surface area (Å²) < 4.78 is 15.6. The van der Waals surface area contributed by atoms with Crippen LogP contribution in [0, 0.1) is 5.41 Å². The second-order valence-electron chi connectivity index (χ2n) is 6.70. The molecule has 0 saturated carbocycles. The maximum Gasteiger partial charge on any atom is 0.321 e.